The fourth-order valence-electron chi connectivity index (χ4n) is 14.8. The average molecular weight is 1430 g/mol. The summed E-state index contributed by atoms with van der Waals surface area (Å²) in [6.07, 6.45) is 8.63. The van der Waals surface area contributed by atoms with Gasteiger partial charge in [-0.2, -0.15) is 0 Å². The normalized spacial score (nSPS) is 11.1. The molecule has 0 bridgehead atoms. The Bertz CT molecular complexity index is 6040. The van der Waals surface area contributed by atoms with Crippen LogP contribution in [0.3, 0.4) is 0 Å². The van der Waals surface area contributed by atoms with Crippen LogP contribution in [0.15, 0.2) is 337 Å². The molecule has 0 unspecified atom stereocenters. The third-order valence-corrected chi connectivity index (χ3v) is 20.8. The van der Waals surface area contributed by atoms with Crippen molar-refractivity contribution in [2.75, 3.05) is 4.90 Å². The van der Waals surface area contributed by atoms with E-state index in [9.17, 15) is 4.79 Å². The summed E-state index contributed by atoms with van der Waals surface area (Å²) in [5.74, 6) is 6.78. The van der Waals surface area contributed by atoms with Crippen molar-refractivity contribution in [2.45, 2.75) is 76.2 Å². The van der Waals surface area contributed by atoms with Crippen molar-refractivity contribution in [3.05, 3.63) is 433 Å². The molecule has 1 heterocycles. The number of aryl methyl sites for hydroxylation is 11. The van der Waals surface area contributed by atoms with Crippen LogP contribution in [0.5, 0.6) is 0 Å². The summed E-state index contributed by atoms with van der Waals surface area (Å²) < 4.78 is 5.46. The molecule has 17 aromatic rings. The number of anilines is 3. The van der Waals surface area contributed by atoms with Gasteiger partial charge >= 0.3 is 5.63 Å². The van der Waals surface area contributed by atoms with Gasteiger partial charge in [0.15, 0.2) is 0 Å². The number of benzene rings is 16. The van der Waals surface area contributed by atoms with Crippen LogP contribution >= 0.6 is 0 Å². The second-order valence-electron chi connectivity index (χ2n) is 29.4. The van der Waals surface area contributed by atoms with Crippen molar-refractivity contribution in [3.63, 3.8) is 0 Å². The lowest BCUT2D eigenvalue weighted by molar-refractivity contribution is 0.560. The molecule has 0 saturated carbocycles. The fraction of sp³-hybridized carbons (Fsp3) is 0.102. The van der Waals surface area contributed by atoms with Gasteiger partial charge in [-0.25, -0.2) is 4.79 Å². The molecule has 16 aromatic carbocycles. The van der Waals surface area contributed by atoms with Crippen LogP contribution in [0.1, 0.15) is 94.6 Å². The molecule has 3 heteroatoms. The first-order valence-corrected chi connectivity index (χ1v) is 38.2. The maximum Gasteiger partial charge on any atom is 0.336 e. The van der Waals surface area contributed by atoms with Gasteiger partial charge in [-0.15, -0.1) is 0 Å². The van der Waals surface area contributed by atoms with Gasteiger partial charge in [0.05, 0.1) is 0 Å². The Labute approximate surface area is 654 Å². The molecule has 0 fully saturated rings. The van der Waals surface area contributed by atoms with Gasteiger partial charge in [0.2, 0.25) is 0 Å². The molecule has 0 N–H and O–H groups in total. The van der Waals surface area contributed by atoms with E-state index in [-0.39, 0.29) is 5.63 Å². The summed E-state index contributed by atoms with van der Waals surface area (Å²) in [4.78, 5) is 14.0. The molecule has 0 radical (unpaired) electrons. The molecular formula is C108H91NO2. The summed E-state index contributed by atoms with van der Waals surface area (Å²) in [7, 11) is 0. The lowest BCUT2D eigenvalue weighted by atomic mass is 9.83. The lowest BCUT2D eigenvalue weighted by Gasteiger charge is -2.26. The van der Waals surface area contributed by atoms with Gasteiger partial charge in [0.1, 0.15) is 5.58 Å². The number of fused-ring (bicyclic) bond motifs is 1. The highest BCUT2D eigenvalue weighted by Crippen LogP contribution is 2.46. The highest BCUT2D eigenvalue weighted by atomic mass is 16.4. The first kappa shape index (κ1) is 74.5. The van der Waals surface area contributed by atoms with Gasteiger partial charge in [-0.1, -0.05) is 336 Å². The SMILES string of the molecule is C(#Cc1ccccc1-c1ccccc1)c1ccccc1-c1ccccc1.Cc1ccc(C)c(-c2cc(C)c3ccc4c(-c5cc(C)ccc5C)cc(C)c5ccc2c3c54)c1.Cc1ccc(N(c2ccc(C)cc2)c2ccc3c(C)cc(=O)oc3c2)cc1.Cc1cccc(/C=C/c2ccc(/C=C/c3cccc(C)c3)cc2)c1. The predicted octanol–water partition coefficient (Wildman–Crippen LogP) is 29.0. The fourth-order valence-corrected chi connectivity index (χ4v) is 14.8. The molecule has 0 aliphatic heterocycles. The molecular weight excluding hydrogens is 1340 g/mol. The van der Waals surface area contributed by atoms with Crippen LogP contribution in [0.25, 0.3) is 112 Å². The van der Waals surface area contributed by atoms with E-state index in [1.54, 1.807) is 0 Å². The number of hydrogen-bond donors (Lipinski definition) is 0. The minimum Gasteiger partial charge on any atom is -0.423 e. The Morgan fingerprint density at radius 2 is 0.622 bits per heavy atom. The smallest absolute Gasteiger partial charge is 0.336 e. The van der Waals surface area contributed by atoms with E-state index >= 15 is 0 Å². The third-order valence-electron chi connectivity index (χ3n) is 20.8. The zero-order valence-corrected chi connectivity index (χ0v) is 65.3. The Balaban J connectivity index is 0.000000124. The van der Waals surface area contributed by atoms with E-state index in [0.29, 0.717) is 5.58 Å². The molecule has 0 atom stereocenters. The minimum atomic E-state index is -0.325. The molecule has 0 saturated heterocycles. The van der Waals surface area contributed by atoms with E-state index in [0.717, 1.165) is 50.3 Å². The van der Waals surface area contributed by atoms with Crippen LogP contribution in [0.4, 0.5) is 17.1 Å². The maximum absolute atomic E-state index is 11.8. The average Bonchev–Trinajstić information content (AvgIpc) is 0.713. The topological polar surface area (TPSA) is 33.5 Å². The summed E-state index contributed by atoms with van der Waals surface area (Å²) in [5, 5.41) is 9.18. The first-order valence-electron chi connectivity index (χ1n) is 38.2. The highest BCUT2D eigenvalue weighted by molar-refractivity contribution is 6.29. The molecule has 17 rings (SSSR count). The van der Waals surface area contributed by atoms with Gasteiger partial charge < -0.3 is 9.32 Å². The Morgan fingerprint density at radius 3 is 1.06 bits per heavy atom. The number of nitrogens with zero attached hydrogens (tertiary/aromatic N) is 1. The van der Waals surface area contributed by atoms with Crippen molar-refractivity contribution in [1.82, 2.24) is 0 Å². The molecule has 0 amide bonds. The van der Waals surface area contributed by atoms with Gasteiger partial charge in [-0.05, 0) is 252 Å². The monoisotopic (exact) mass is 1430 g/mol. The third kappa shape index (κ3) is 17.5. The maximum atomic E-state index is 11.8. The predicted molar refractivity (Wildman–Crippen MR) is 477 cm³/mol. The second kappa shape index (κ2) is 33.8. The van der Waals surface area contributed by atoms with Gasteiger partial charge in [0.25, 0.3) is 0 Å². The Kier molecular flexibility index (Phi) is 22.7. The van der Waals surface area contributed by atoms with Gasteiger partial charge in [-0.3, -0.25) is 0 Å². The largest absolute Gasteiger partial charge is 0.423 e. The van der Waals surface area contributed by atoms with Crippen molar-refractivity contribution >= 4 is 84.7 Å². The number of hydrogen-bond acceptors (Lipinski definition) is 3. The van der Waals surface area contributed by atoms with Crippen molar-refractivity contribution in [2.24, 2.45) is 0 Å². The van der Waals surface area contributed by atoms with Crippen molar-refractivity contribution in [3.8, 4) is 56.3 Å². The summed E-state index contributed by atoms with van der Waals surface area (Å²) >= 11 is 0. The molecule has 0 aliphatic carbocycles. The number of rotatable bonds is 11. The Morgan fingerprint density at radius 1 is 0.252 bits per heavy atom. The minimum absolute atomic E-state index is 0.325. The van der Waals surface area contributed by atoms with E-state index in [4.69, 9.17) is 4.42 Å². The van der Waals surface area contributed by atoms with Crippen LogP contribution in [0, 0.1) is 88.0 Å². The molecule has 111 heavy (non-hydrogen) atoms. The van der Waals surface area contributed by atoms with Crippen molar-refractivity contribution in [1.29, 1.82) is 0 Å². The molecule has 1 aromatic heterocycles. The van der Waals surface area contributed by atoms with Crippen LogP contribution in [-0.4, -0.2) is 0 Å². The zero-order chi connectivity index (χ0) is 77.1. The van der Waals surface area contributed by atoms with Crippen molar-refractivity contribution < 1.29 is 4.42 Å². The standard InChI is InChI=1S/C34H30.C26H18.C24H21NO2.C24H22/c1-19-7-9-21(3)29(15-19)31-17-23(5)25-12-14-28-32(30-16-20(2)8-10-22(30)4)18-24(6)26-11-13-27(31)33(25)34(26)28;1-3-11-21(12-4-1)25-17-9-7-15-23(25)19-20-24-16-8-10-18-26(24)22-13-5-2-6-14-22;1-16-4-8-19(9-5-16)25(20-10-6-17(2)7-11-20)21-12-13-22-18(3)14-24(26)27-23(22)15-21;1-19-5-3-7-23(17-19)15-13-21-9-11-22(12-10-21)14-16-24-8-4-6-20(2)18-24/h7-18H,1-6H3;1-18H;4-15H,1-3H3;3-18H,1-2H3/b;;;15-13+,16-14+. The summed E-state index contributed by atoms with van der Waals surface area (Å²) in [6.45, 7) is 23.7. The van der Waals surface area contributed by atoms with Gasteiger partial charge in [0, 0.05) is 45.7 Å². The van der Waals surface area contributed by atoms with E-state index in [1.807, 2.05) is 43.3 Å². The molecule has 0 spiro atoms. The zero-order valence-electron chi connectivity index (χ0n) is 65.3. The highest BCUT2D eigenvalue weighted by Gasteiger charge is 2.20. The lowest BCUT2D eigenvalue weighted by Crippen LogP contribution is -2.10. The molecule has 540 valence electrons. The Hall–Kier alpha value is -13.4. The second-order valence-corrected chi connectivity index (χ2v) is 29.4. The van der Waals surface area contributed by atoms with E-state index in [2.05, 4.69) is 395 Å². The molecule has 3 nitrogen and oxygen atoms in total. The van der Waals surface area contributed by atoms with Crippen LogP contribution < -0.4 is 10.5 Å². The quantitative estimate of drug-likeness (QED) is 0.0560. The van der Waals surface area contributed by atoms with E-state index < -0.39 is 0 Å². The van der Waals surface area contributed by atoms with Crippen LogP contribution in [-0.2, 0) is 0 Å². The van der Waals surface area contributed by atoms with Crippen LogP contribution in [0.2, 0.25) is 0 Å². The van der Waals surface area contributed by atoms with E-state index in [1.165, 1.54) is 150 Å². The first-order chi connectivity index (χ1) is 53.9. The summed E-state index contributed by atoms with van der Waals surface area (Å²) in [5.41, 5.74) is 34.2. The molecule has 0 aliphatic rings. The summed E-state index contributed by atoms with van der Waals surface area (Å²) in [6, 6.07) is 115.